The predicted octanol–water partition coefficient (Wildman–Crippen LogP) is 11.0. The van der Waals surface area contributed by atoms with Gasteiger partial charge in [-0.2, -0.15) is 0 Å². The minimum Gasteiger partial charge on any atom is -0.309 e. The van der Waals surface area contributed by atoms with Crippen molar-refractivity contribution in [1.82, 2.24) is 14.5 Å². The van der Waals surface area contributed by atoms with Gasteiger partial charge < -0.3 is 4.57 Å². The number of hydrogen-bond acceptors (Lipinski definition) is 2. The van der Waals surface area contributed by atoms with Gasteiger partial charge in [0.1, 0.15) is 0 Å². The smallest absolute Gasteiger partial charge is 0.0974 e. The Bertz CT molecular complexity index is 2740. The number of benzene rings is 8. The number of para-hydroxylation sites is 3. The molecule has 3 heteroatoms. The molecule has 0 spiro atoms. The van der Waals surface area contributed by atoms with Crippen LogP contribution in [0.1, 0.15) is 0 Å². The van der Waals surface area contributed by atoms with E-state index < -0.39 is 0 Å². The Hall–Kier alpha value is -6.06. The zero-order valence-electron chi connectivity index (χ0n) is 24.3. The molecule has 208 valence electrons. The molecule has 0 saturated heterocycles. The van der Waals surface area contributed by atoms with Crippen LogP contribution in [-0.2, 0) is 0 Å². The van der Waals surface area contributed by atoms with Gasteiger partial charge in [-0.25, -0.2) is 9.97 Å². The Morgan fingerprint density at radius 3 is 1.71 bits per heavy atom. The van der Waals surface area contributed by atoms with Gasteiger partial charge in [-0.3, -0.25) is 0 Å². The second-order valence-corrected chi connectivity index (χ2v) is 11.8. The standard InChI is InChI=1S/C42H25N3/c1-3-13-26(14-4-1)41-42(44-35-22-12-11-21-34(35)43-41)28-23-33-31-19-9-10-20-32(31)38-30-18-8-7-15-27(30)24-37-40(38)39(33)36(25-28)45(37)29-16-5-2-6-17-29/h1-25H. The van der Waals surface area contributed by atoms with E-state index in [1.807, 2.05) is 24.3 Å². The van der Waals surface area contributed by atoms with E-state index in [4.69, 9.17) is 9.97 Å². The summed E-state index contributed by atoms with van der Waals surface area (Å²) in [5, 5.41) is 10.2. The number of fused-ring (bicyclic) bond motifs is 6. The fourth-order valence-electron chi connectivity index (χ4n) is 7.38. The Kier molecular flexibility index (Phi) is 5.00. The van der Waals surface area contributed by atoms with Crippen molar-refractivity contribution in [2.45, 2.75) is 0 Å². The van der Waals surface area contributed by atoms with Gasteiger partial charge in [-0.1, -0.05) is 109 Å². The van der Waals surface area contributed by atoms with Gasteiger partial charge in [-0.05, 0) is 69.4 Å². The molecule has 0 radical (unpaired) electrons. The average molecular weight is 572 g/mol. The van der Waals surface area contributed by atoms with Crippen LogP contribution < -0.4 is 0 Å². The molecule has 0 unspecified atom stereocenters. The molecule has 0 aliphatic rings. The van der Waals surface area contributed by atoms with Crippen LogP contribution in [0.3, 0.4) is 0 Å². The summed E-state index contributed by atoms with van der Waals surface area (Å²) in [7, 11) is 0. The molecule has 0 aliphatic heterocycles. The highest BCUT2D eigenvalue weighted by atomic mass is 15.0. The maximum Gasteiger partial charge on any atom is 0.0974 e. The molecule has 10 aromatic rings. The molecule has 0 atom stereocenters. The molecule has 0 fully saturated rings. The van der Waals surface area contributed by atoms with E-state index in [-0.39, 0.29) is 0 Å². The third kappa shape index (κ3) is 3.46. The molecule has 0 bridgehead atoms. The number of aromatic nitrogens is 3. The van der Waals surface area contributed by atoms with E-state index in [0.29, 0.717) is 0 Å². The molecular weight excluding hydrogens is 546 g/mol. The van der Waals surface area contributed by atoms with E-state index >= 15 is 0 Å². The van der Waals surface area contributed by atoms with Crippen molar-refractivity contribution in [2.24, 2.45) is 0 Å². The first-order valence-electron chi connectivity index (χ1n) is 15.4. The number of nitrogens with zero attached hydrogens (tertiary/aromatic N) is 3. The zero-order valence-corrected chi connectivity index (χ0v) is 24.3. The fraction of sp³-hybridized carbons (Fsp3) is 0. The third-order valence-electron chi connectivity index (χ3n) is 9.27. The van der Waals surface area contributed by atoms with Crippen molar-refractivity contribution in [3.05, 3.63) is 152 Å². The molecule has 10 rings (SSSR count). The summed E-state index contributed by atoms with van der Waals surface area (Å²) in [4.78, 5) is 10.5. The maximum atomic E-state index is 5.30. The van der Waals surface area contributed by atoms with E-state index in [2.05, 4.69) is 132 Å². The van der Waals surface area contributed by atoms with E-state index in [1.165, 1.54) is 54.1 Å². The Labute approximate surface area is 259 Å². The minimum atomic E-state index is 0.886. The van der Waals surface area contributed by atoms with Crippen molar-refractivity contribution in [3.63, 3.8) is 0 Å². The zero-order chi connectivity index (χ0) is 29.5. The van der Waals surface area contributed by atoms with E-state index in [9.17, 15) is 0 Å². The number of rotatable bonds is 3. The van der Waals surface area contributed by atoms with Crippen molar-refractivity contribution < 1.29 is 0 Å². The summed E-state index contributed by atoms with van der Waals surface area (Å²) in [5.74, 6) is 0. The van der Waals surface area contributed by atoms with Gasteiger partial charge in [0.05, 0.1) is 33.5 Å². The normalized spacial score (nSPS) is 12.0. The molecule has 0 aliphatic carbocycles. The van der Waals surface area contributed by atoms with Crippen LogP contribution >= 0.6 is 0 Å². The second kappa shape index (κ2) is 9.22. The van der Waals surface area contributed by atoms with Crippen molar-refractivity contribution >= 4 is 65.2 Å². The van der Waals surface area contributed by atoms with Crippen molar-refractivity contribution in [1.29, 1.82) is 0 Å². The van der Waals surface area contributed by atoms with Gasteiger partial charge in [0.15, 0.2) is 0 Å². The summed E-state index contributed by atoms with van der Waals surface area (Å²) in [6.45, 7) is 0. The lowest BCUT2D eigenvalue weighted by atomic mass is 9.90. The van der Waals surface area contributed by atoms with Crippen LogP contribution in [0.25, 0.3) is 93.4 Å². The predicted molar refractivity (Wildman–Crippen MR) is 188 cm³/mol. The quantitative estimate of drug-likeness (QED) is 0.198. The summed E-state index contributed by atoms with van der Waals surface area (Å²) < 4.78 is 2.44. The fourth-order valence-corrected chi connectivity index (χ4v) is 7.38. The highest BCUT2D eigenvalue weighted by Gasteiger charge is 2.24. The highest BCUT2D eigenvalue weighted by Crippen LogP contribution is 2.48. The molecule has 3 nitrogen and oxygen atoms in total. The van der Waals surface area contributed by atoms with Crippen molar-refractivity contribution in [2.75, 3.05) is 0 Å². The molecule has 0 N–H and O–H groups in total. The molecule has 8 aromatic carbocycles. The van der Waals surface area contributed by atoms with Gasteiger partial charge in [0, 0.05) is 33.0 Å². The Balaban J connectivity index is 1.44. The van der Waals surface area contributed by atoms with Crippen molar-refractivity contribution in [3.8, 4) is 28.2 Å². The lowest BCUT2D eigenvalue weighted by molar-refractivity contribution is 1.18. The van der Waals surface area contributed by atoms with Gasteiger partial charge >= 0.3 is 0 Å². The first kappa shape index (κ1) is 24.4. The van der Waals surface area contributed by atoms with Crippen LogP contribution in [0, 0.1) is 0 Å². The molecule has 2 heterocycles. The molecule has 2 aromatic heterocycles. The van der Waals surface area contributed by atoms with Crippen LogP contribution in [0.4, 0.5) is 0 Å². The maximum absolute atomic E-state index is 5.30. The van der Waals surface area contributed by atoms with Gasteiger partial charge in [0.25, 0.3) is 0 Å². The number of hydrogen-bond donors (Lipinski definition) is 0. The largest absolute Gasteiger partial charge is 0.309 e. The Morgan fingerprint density at radius 2 is 0.956 bits per heavy atom. The lowest BCUT2D eigenvalue weighted by Gasteiger charge is -2.14. The van der Waals surface area contributed by atoms with Crippen LogP contribution in [0.2, 0.25) is 0 Å². The van der Waals surface area contributed by atoms with Gasteiger partial charge in [-0.15, -0.1) is 0 Å². The molecular formula is C42H25N3. The van der Waals surface area contributed by atoms with Crippen LogP contribution in [-0.4, -0.2) is 14.5 Å². The average Bonchev–Trinajstić information content (AvgIpc) is 3.44. The monoisotopic (exact) mass is 571 g/mol. The minimum absolute atomic E-state index is 0.886. The van der Waals surface area contributed by atoms with Crippen LogP contribution in [0.15, 0.2) is 152 Å². The SMILES string of the molecule is c1ccc(-c2nc3ccccc3nc2-c2cc3c4ccccc4c4c5ccccc5cc5c4c3c(c2)n5-c2ccccc2)cc1. The molecule has 45 heavy (non-hydrogen) atoms. The summed E-state index contributed by atoms with van der Waals surface area (Å²) in [6, 6.07) is 54.0. The summed E-state index contributed by atoms with van der Waals surface area (Å²) in [5.41, 5.74) is 9.18. The first-order chi connectivity index (χ1) is 22.3. The molecule has 0 amide bonds. The van der Waals surface area contributed by atoms with Crippen LogP contribution in [0.5, 0.6) is 0 Å². The highest BCUT2D eigenvalue weighted by molar-refractivity contribution is 6.39. The molecule has 0 saturated carbocycles. The summed E-state index contributed by atoms with van der Waals surface area (Å²) in [6.07, 6.45) is 0. The topological polar surface area (TPSA) is 30.7 Å². The Morgan fingerprint density at radius 1 is 0.378 bits per heavy atom. The third-order valence-corrected chi connectivity index (χ3v) is 9.27. The second-order valence-electron chi connectivity index (χ2n) is 11.8. The lowest BCUT2D eigenvalue weighted by Crippen LogP contribution is -1.97. The van der Waals surface area contributed by atoms with E-state index in [0.717, 1.165) is 39.2 Å². The summed E-state index contributed by atoms with van der Waals surface area (Å²) >= 11 is 0. The van der Waals surface area contributed by atoms with E-state index in [1.54, 1.807) is 0 Å². The first-order valence-corrected chi connectivity index (χ1v) is 15.4. The van der Waals surface area contributed by atoms with Gasteiger partial charge in [0.2, 0.25) is 0 Å².